The molecule has 1 fully saturated rings. The van der Waals surface area contributed by atoms with Gasteiger partial charge in [0.1, 0.15) is 24.4 Å². The zero-order valence-corrected chi connectivity index (χ0v) is 17.9. The van der Waals surface area contributed by atoms with Crippen LogP contribution in [0.3, 0.4) is 0 Å². The van der Waals surface area contributed by atoms with Gasteiger partial charge < -0.3 is 24.8 Å². The molecule has 0 aromatic rings. The van der Waals surface area contributed by atoms with Gasteiger partial charge in [0.2, 0.25) is 0 Å². The summed E-state index contributed by atoms with van der Waals surface area (Å²) in [5.74, 6) is 0. The van der Waals surface area contributed by atoms with Gasteiger partial charge in [-0.25, -0.2) is 0 Å². The maximum absolute atomic E-state index is 9.88. The van der Waals surface area contributed by atoms with E-state index in [2.05, 4.69) is 19.1 Å². The highest BCUT2D eigenvalue weighted by Gasteiger charge is 2.40. The molecule has 0 amide bonds. The molecule has 1 aliphatic heterocycles. The van der Waals surface area contributed by atoms with Gasteiger partial charge in [0.25, 0.3) is 0 Å². The van der Waals surface area contributed by atoms with E-state index in [4.69, 9.17) is 14.6 Å². The summed E-state index contributed by atoms with van der Waals surface area (Å²) >= 11 is 0. The maximum Gasteiger partial charge on any atom is 0.114 e. The molecule has 0 aromatic carbocycles. The van der Waals surface area contributed by atoms with Crippen molar-refractivity contribution in [2.75, 3.05) is 19.8 Å². The molecule has 1 rings (SSSR count). The van der Waals surface area contributed by atoms with Crippen molar-refractivity contribution < 1.29 is 24.8 Å². The van der Waals surface area contributed by atoms with Gasteiger partial charge >= 0.3 is 0 Å². The van der Waals surface area contributed by atoms with E-state index >= 15 is 0 Å². The van der Waals surface area contributed by atoms with Crippen LogP contribution in [0.1, 0.15) is 90.4 Å². The highest BCUT2D eigenvalue weighted by Crippen LogP contribution is 2.21. The second-order valence-electron chi connectivity index (χ2n) is 8.03. The lowest BCUT2D eigenvalue weighted by atomic mass is 10.1. The molecule has 4 atom stereocenters. The summed E-state index contributed by atoms with van der Waals surface area (Å²) < 4.78 is 11.0. The fraction of sp³-hybridized carbons (Fsp3) is 0.913. The van der Waals surface area contributed by atoms with Crippen LogP contribution in [0.25, 0.3) is 0 Å². The zero-order valence-electron chi connectivity index (χ0n) is 17.9. The number of hydrogen-bond acceptors (Lipinski definition) is 5. The van der Waals surface area contributed by atoms with E-state index < -0.39 is 24.4 Å². The Bertz CT molecular complexity index is 374. The summed E-state index contributed by atoms with van der Waals surface area (Å²) in [4.78, 5) is 0. The monoisotopic (exact) mass is 400 g/mol. The van der Waals surface area contributed by atoms with Crippen molar-refractivity contribution in [3.8, 4) is 0 Å². The van der Waals surface area contributed by atoms with Gasteiger partial charge in [0.05, 0.1) is 13.2 Å². The fourth-order valence-electron chi connectivity index (χ4n) is 3.65. The van der Waals surface area contributed by atoms with Crippen LogP contribution in [-0.2, 0) is 9.47 Å². The fourth-order valence-corrected chi connectivity index (χ4v) is 3.65. The number of rotatable bonds is 18. The van der Waals surface area contributed by atoms with Gasteiger partial charge in [0.15, 0.2) is 0 Å². The van der Waals surface area contributed by atoms with Crippen LogP contribution in [0.2, 0.25) is 0 Å². The quantitative estimate of drug-likeness (QED) is 0.238. The molecule has 0 radical (unpaired) electrons. The molecule has 5 nitrogen and oxygen atoms in total. The summed E-state index contributed by atoms with van der Waals surface area (Å²) in [5, 5.41) is 28.6. The van der Waals surface area contributed by atoms with Crippen molar-refractivity contribution in [1.82, 2.24) is 0 Å². The molecule has 166 valence electrons. The van der Waals surface area contributed by atoms with Crippen LogP contribution in [0.5, 0.6) is 0 Å². The summed E-state index contributed by atoms with van der Waals surface area (Å²) in [5.41, 5.74) is 0. The first-order valence-corrected chi connectivity index (χ1v) is 11.6. The van der Waals surface area contributed by atoms with Gasteiger partial charge in [-0.2, -0.15) is 0 Å². The van der Waals surface area contributed by atoms with E-state index in [1.807, 2.05) is 0 Å². The Hall–Kier alpha value is -0.460. The van der Waals surface area contributed by atoms with Gasteiger partial charge in [-0.1, -0.05) is 70.4 Å². The first-order valence-electron chi connectivity index (χ1n) is 11.6. The Balaban J connectivity index is 1.90. The minimum Gasteiger partial charge on any atom is -0.394 e. The van der Waals surface area contributed by atoms with E-state index in [1.54, 1.807) is 0 Å². The molecule has 0 bridgehead atoms. The first kappa shape index (κ1) is 25.6. The van der Waals surface area contributed by atoms with Crippen LogP contribution < -0.4 is 0 Å². The van der Waals surface area contributed by atoms with E-state index in [-0.39, 0.29) is 13.2 Å². The normalized spacial score (nSPS) is 23.6. The Morgan fingerprint density at radius 3 is 2.11 bits per heavy atom. The number of allylic oxidation sites excluding steroid dienone is 2. The van der Waals surface area contributed by atoms with E-state index in [0.717, 1.165) is 19.3 Å². The number of aliphatic hydroxyl groups is 3. The van der Waals surface area contributed by atoms with Crippen molar-refractivity contribution in [2.24, 2.45) is 0 Å². The van der Waals surface area contributed by atoms with Crippen molar-refractivity contribution in [3.63, 3.8) is 0 Å². The Labute approximate surface area is 172 Å². The van der Waals surface area contributed by atoms with Crippen LogP contribution in [0.4, 0.5) is 0 Å². The number of unbranched alkanes of at least 4 members (excludes halogenated alkanes) is 11. The predicted octanol–water partition coefficient (Wildman–Crippen LogP) is 4.13. The minimum atomic E-state index is -1.00. The van der Waals surface area contributed by atoms with Crippen molar-refractivity contribution in [1.29, 1.82) is 0 Å². The predicted molar refractivity (Wildman–Crippen MR) is 113 cm³/mol. The zero-order chi connectivity index (χ0) is 20.5. The summed E-state index contributed by atoms with van der Waals surface area (Å²) in [7, 11) is 0. The minimum absolute atomic E-state index is 0.150. The molecule has 0 unspecified atom stereocenters. The lowest BCUT2D eigenvalue weighted by Crippen LogP contribution is -2.42. The SMILES string of the molecule is CCCCCCCCC/C=C/CCCCCCO[C@@H]1[C@H]([C@@H](O)CO)OC[C@H]1O. The van der Waals surface area contributed by atoms with E-state index in [9.17, 15) is 10.2 Å². The molecular weight excluding hydrogens is 356 g/mol. The lowest BCUT2D eigenvalue weighted by molar-refractivity contribution is -0.0938. The number of ether oxygens (including phenoxy) is 2. The second-order valence-corrected chi connectivity index (χ2v) is 8.03. The standard InChI is InChI=1S/C23H44O5/c1-2-3-4-5-6-7-8-9-10-11-12-13-14-15-16-17-27-23-21(26)19-28-22(23)20(25)18-24/h10-11,20-26H,2-9,12-19H2,1H3/b11-10+/t20-,21+,22-,23-/m0/s1. The Morgan fingerprint density at radius 2 is 1.50 bits per heavy atom. The maximum atomic E-state index is 9.88. The highest BCUT2D eigenvalue weighted by molar-refractivity contribution is 4.89. The molecule has 3 N–H and O–H groups in total. The average Bonchev–Trinajstić information content (AvgIpc) is 3.07. The lowest BCUT2D eigenvalue weighted by Gasteiger charge is -2.23. The number of hydrogen-bond donors (Lipinski definition) is 3. The Morgan fingerprint density at radius 1 is 0.929 bits per heavy atom. The molecule has 1 heterocycles. The molecule has 1 aliphatic rings. The molecule has 0 aliphatic carbocycles. The largest absolute Gasteiger partial charge is 0.394 e. The van der Waals surface area contributed by atoms with Crippen LogP contribution >= 0.6 is 0 Å². The molecule has 0 aromatic heterocycles. The second kappa shape index (κ2) is 17.4. The average molecular weight is 401 g/mol. The summed E-state index contributed by atoms with van der Waals surface area (Å²) in [6, 6.07) is 0. The third-order valence-electron chi connectivity index (χ3n) is 5.45. The molecule has 1 saturated heterocycles. The molecule has 28 heavy (non-hydrogen) atoms. The Kier molecular flexibility index (Phi) is 15.9. The summed E-state index contributed by atoms with van der Waals surface area (Å²) in [6.45, 7) is 2.58. The van der Waals surface area contributed by atoms with Crippen molar-refractivity contribution in [3.05, 3.63) is 12.2 Å². The van der Waals surface area contributed by atoms with Crippen molar-refractivity contribution in [2.45, 2.75) is 115 Å². The smallest absolute Gasteiger partial charge is 0.114 e. The third kappa shape index (κ3) is 11.5. The molecular formula is C23H44O5. The first-order chi connectivity index (χ1) is 13.7. The number of aliphatic hydroxyl groups excluding tert-OH is 3. The van der Waals surface area contributed by atoms with Gasteiger partial charge in [0, 0.05) is 6.61 Å². The third-order valence-corrected chi connectivity index (χ3v) is 5.45. The topological polar surface area (TPSA) is 79.2 Å². The summed E-state index contributed by atoms with van der Waals surface area (Å²) in [6.07, 6.45) is 18.1. The highest BCUT2D eigenvalue weighted by atomic mass is 16.6. The molecule has 5 heteroatoms. The molecule has 0 saturated carbocycles. The van der Waals surface area contributed by atoms with Gasteiger partial charge in [-0.15, -0.1) is 0 Å². The van der Waals surface area contributed by atoms with Crippen LogP contribution in [0.15, 0.2) is 12.2 Å². The van der Waals surface area contributed by atoms with E-state index in [1.165, 1.54) is 64.2 Å². The molecule has 0 spiro atoms. The van der Waals surface area contributed by atoms with E-state index in [0.29, 0.717) is 6.61 Å². The van der Waals surface area contributed by atoms with Gasteiger partial charge in [-0.05, 0) is 32.1 Å². The van der Waals surface area contributed by atoms with Crippen LogP contribution in [-0.4, -0.2) is 59.6 Å². The van der Waals surface area contributed by atoms with Crippen LogP contribution in [0, 0.1) is 0 Å². The van der Waals surface area contributed by atoms with Crippen molar-refractivity contribution >= 4 is 0 Å². The van der Waals surface area contributed by atoms with Gasteiger partial charge in [-0.3, -0.25) is 0 Å².